The van der Waals surface area contributed by atoms with Gasteiger partial charge in [-0.05, 0) is 37.3 Å². The van der Waals surface area contributed by atoms with Gasteiger partial charge in [0.15, 0.2) is 0 Å². The summed E-state index contributed by atoms with van der Waals surface area (Å²) in [5.74, 6) is -1.48. The van der Waals surface area contributed by atoms with Crippen molar-refractivity contribution in [2.24, 2.45) is 0 Å². The van der Waals surface area contributed by atoms with E-state index in [1.807, 2.05) is 6.07 Å². The molecule has 0 aliphatic rings. The Morgan fingerprint density at radius 1 is 1.30 bits per heavy atom. The summed E-state index contributed by atoms with van der Waals surface area (Å²) in [6.45, 7) is 1.77. The second-order valence-electron chi connectivity index (χ2n) is 4.05. The van der Waals surface area contributed by atoms with Gasteiger partial charge in [-0.25, -0.2) is 4.79 Å². The lowest BCUT2D eigenvalue weighted by molar-refractivity contribution is 0.0698. The second kappa shape index (κ2) is 5.55. The van der Waals surface area contributed by atoms with Gasteiger partial charge < -0.3 is 10.4 Å². The number of aryl methyl sites for hydroxylation is 1. The Hall–Kier alpha value is -2.65. The molecule has 0 atom stereocenters. The molecular formula is C14H10N2O3S. The predicted molar refractivity (Wildman–Crippen MR) is 75.1 cm³/mol. The van der Waals surface area contributed by atoms with Gasteiger partial charge >= 0.3 is 5.97 Å². The Morgan fingerprint density at radius 3 is 2.50 bits per heavy atom. The molecule has 2 rings (SSSR count). The van der Waals surface area contributed by atoms with Crippen LogP contribution >= 0.6 is 11.3 Å². The fraction of sp³-hybridized carbons (Fsp3) is 0.0714. The molecule has 2 aromatic rings. The van der Waals surface area contributed by atoms with Gasteiger partial charge in [0.2, 0.25) is 0 Å². The fourth-order valence-electron chi connectivity index (χ4n) is 1.64. The number of rotatable bonds is 3. The van der Waals surface area contributed by atoms with E-state index in [0.717, 1.165) is 4.88 Å². The Balaban J connectivity index is 2.23. The van der Waals surface area contributed by atoms with Gasteiger partial charge in [-0.1, -0.05) is 0 Å². The van der Waals surface area contributed by atoms with E-state index < -0.39 is 11.9 Å². The van der Waals surface area contributed by atoms with Crippen molar-refractivity contribution in [1.29, 1.82) is 5.26 Å². The molecule has 0 aliphatic carbocycles. The number of carboxylic acid groups (broad SMARTS) is 1. The zero-order chi connectivity index (χ0) is 14.7. The number of amides is 1. The molecule has 6 heteroatoms. The van der Waals surface area contributed by atoms with E-state index in [1.54, 1.807) is 6.92 Å². The summed E-state index contributed by atoms with van der Waals surface area (Å²) in [4.78, 5) is 23.9. The fourth-order valence-corrected chi connectivity index (χ4v) is 2.54. The average molecular weight is 286 g/mol. The lowest BCUT2D eigenvalue weighted by Crippen LogP contribution is -2.13. The first-order valence-electron chi connectivity index (χ1n) is 5.66. The third-order valence-corrected chi connectivity index (χ3v) is 3.55. The third kappa shape index (κ3) is 2.84. The number of carboxylic acids is 1. The van der Waals surface area contributed by atoms with Crippen LogP contribution < -0.4 is 5.32 Å². The highest BCUT2D eigenvalue weighted by Gasteiger charge is 2.16. The molecule has 1 aromatic heterocycles. The summed E-state index contributed by atoms with van der Waals surface area (Å²) in [6.07, 6.45) is 0. The van der Waals surface area contributed by atoms with Gasteiger partial charge in [0.1, 0.15) is 5.00 Å². The van der Waals surface area contributed by atoms with Gasteiger partial charge in [-0.3, -0.25) is 4.79 Å². The minimum absolute atomic E-state index is 0.0782. The zero-order valence-electron chi connectivity index (χ0n) is 10.5. The molecular weight excluding hydrogens is 276 g/mol. The number of anilines is 1. The second-order valence-corrected chi connectivity index (χ2v) is 5.30. The van der Waals surface area contributed by atoms with E-state index in [-0.39, 0.29) is 5.56 Å². The van der Waals surface area contributed by atoms with E-state index in [2.05, 4.69) is 5.32 Å². The van der Waals surface area contributed by atoms with Gasteiger partial charge in [-0.15, -0.1) is 11.3 Å². The molecule has 5 nitrogen and oxygen atoms in total. The van der Waals surface area contributed by atoms with Gasteiger partial charge in [-0.2, -0.15) is 5.26 Å². The number of nitrogens with zero attached hydrogens (tertiary/aromatic N) is 1. The molecule has 0 spiro atoms. The number of hydrogen-bond donors (Lipinski definition) is 2. The number of benzene rings is 1. The largest absolute Gasteiger partial charge is 0.478 e. The SMILES string of the molecule is Cc1cc(C(=O)O)c(NC(=O)c2ccc(C#N)cc2)s1. The molecule has 100 valence electrons. The molecule has 1 amide bonds. The van der Waals surface area contributed by atoms with Crippen LogP contribution in [0.25, 0.3) is 0 Å². The van der Waals surface area contributed by atoms with Crippen LogP contribution in [0.3, 0.4) is 0 Å². The van der Waals surface area contributed by atoms with Crippen LogP contribution in [0.1, 0.15) is 31.2 Å². The smallest absolute Gasteiger partial charge is 0.338 e. The number of nitrogens with one attached hydrogen (secondary N) is 1. The number of aromatic carboxylic acids is 1. The number of hydrogen-bond acceptors (Lipinski definition) is 4. The molecule has 0 unspecified atom stereocenters. The molecule has 0 fully saturated rings. The standard InChI is InChI=1S/C14H10N2O3S/c1-8-6-11(14(18)19)13(20-8)16-12(17)10-4-2-9(7-15)3-5-10/h2-6H,1H3,(H,16,17)(H,18,19). The van der Waals surface area contributed by atoms with E-state index in [4.69, 9.17) is 10.4 Å². The van der Waals surface area contributed by atoms with Crippen LogP contribution in [-0.4, -0.2) is 17.0 Å². The van der Waals surface area contributed by atoms with Crippen molar-refractivity contribution in [1.82, 2.24) is 0 Å². The maximum atomic E-state index is 12.0. The Labute approximate surface area is 119 Å². The predicted octanol–water partition coefficient (Wildman–Crippen LogP) is 2.88. The maximum absolute atomic E-state index is 12.0. The van der Waals surface area contributed by atoms with Crippen molar-refractivity contribution < 1.29 is 14.7 Å². The monoisotopic (exact) mass is 286 g/mol. The van der Waals surface area contributed by atoms with Crippen LogP contribution in [0.2, 0.25) is 0 Å². The minimum atomic E-state index is -1.08. The average Bonchev–Trinajstić information content (AvgIpc) is 2.80. The lowest BCUT2D eigenvalue weighted by atomic mass is 10.1. The van der Waals surface area contributed by atoms with Crippen molar-refractivity contribution in [2.75, 3.05) is 5.32 Å². The van der Waals surface area contributed by atoms with Crippen LogP contribution in [0.5, 0.6) is 0 Å². The molecule has 0 bridgehead atoms. The summed E-state index contributed by atoms with van der Waals surface area (Å²) < 4.78 is 0. The number of thiophene rings is 1. The quantitative estimate of drug-likeness (QED) is 0.907. The zero-order valence-corrected chi connectivity index (χ0v) is 11.3. The topological polar surface area (TPSA) is 90.2 Å². The lowest BCUT2D eigenvalue weighted by Gasteiger charge is -2.04. The maximum Gasteiger partial charge on any atom is 0.338 e. The molecule has 20 heavy (non-hydrogen) atoms. The summed E-state index contributed by atoms with van der Waals surface area (Å²) in [5.41, 5.74) is 0.903. The summed E-state index contributed by atoms with van der Waals surface area (Å²) in [7, 11) is 0. The van der Waals surface area contributed by atoms with E-state index >= 15 is 0 Å². The molecule has 2 N–H and O–H groups in total. The third-order valence-electron chi connectivity index (χ3n) is 2.59. The van der Waals surface area contributed by atoms with Crippen LogP contribution in [-0.2, 0) is 0 Å². The number of nitriles is 1. The number of carbonyl (C=O) groups excluding carboxylic acids is 1. The normalized spacial score (nSPS) is 9.80. The summed E-state index contributed by atoms with van der Waals surface area (Å²) >= 11 is 1.21. The molecule has 0 aliphatic heterocycles. The number of carbonyl (C=O) groups is 2. The van der Waals surface area contributed by atoms with E-state index in [1.165, 1.54) is 41.7 Å². The highest BCUT2D eigenvalue weighted by atomic mass is 32.1. The van der Waals surface area contributed by atoms with Crippen LogP contribution in [0, 0.1) is 18.3 Å². The van der Waals surface area contributed by atoms with Gasteiger partial charge in [0.25, 0.3) is 5.91 Å². The highest BCUT2D eigenvalue weighted by Crippen LogP contribution is 2.28. The first-order chi connectivity index (χ1) is 9.51. The van der Waals surface area contributed by atoms with E-state index in [0.29, 0.717) is 16.1 Å². The molecule has 0 saturated heterocycles. The minimum Gasteiger partial charge on any atom is -0.478 e. The van der Waals surface area contributed by atoms with E-state index in [9.17, 15) is 9.59 Å². The van der Waals surface area contributed by atoms with Crippen molar-refractivity contribution in [3.63, 3.8) is 0 Å². The molecule has 0 radical (unpaired) electrons. The first-order valence-corrected chi connectivity index (χ1v) is 6.48. The molecule has 0 saturated carbocycles. The Morgan fingerprint density at radius 2 is 1.95 bits per heavy atom. The molecule has 1 aromatic carbocycles. The van der Waals surface area contributed by atoms with Gasteiger partial charge in [0, 0.05) is 10.4 Å². The Bertz CT molecular complexity index is 711. The molecule has 1 heterocycles. The summed E-state index contributed by atoms with van der Waals surface area (Å²) in [5, 5.41) is 20.6. The van der Waals surface area contributed by atoms with Crippen LogP contribution in [0.4, 0.5) is 5.00 Å². The van der Waals surface area contributed by atoms with Crippen molar-refractivity contribution in [2.45, 2.75) is 6.92 Å². The highest BCUT2D eigenvalue weighted by molar-refractivity contribution is 7.16. The van der Waals surface area contributed by atoms with Crippen molar-refractivity contribution in [3.8, 4) is 6.07 Å². The van der Waals surface area contributed by atoms with Crippen molar-refractivity contribution >= 4 is 28.2 Å². The van der Waals surface area contributed by atoms with Crippen molar-refractivity contribution in [3.05, 3.63) is 51.9 Å². The van der Waals surface area contributed by atoms with Gasteiger partial charge in [0.05, 0.1) is 17.2 Å². The van der Waals surface area contributed by atoms with Crippen LogP contribution in [0.15, 0.2) is 30.3 Å². The summed E-state index contributed by atoms with van der Waals surface area (Å²) in [6, 6.07) is 9.59. The first kappa shape index (κ1) is 13.8. The Kier molecular flexibility index (Phi) is 3.82.